The van der Waals surface area contributed by atoms with Crippen molar-refractivity contribution in [1.82, 2.24) is 9.55 Å². The zero-order valence-corrected chi connectivity index (χ0v) is 27.6. The highest BCUT2D eigenvalue weighted by Crippen LogP contribution is 2.41. The molecule has 4 nitrogen and oxygen atoms in total. The van der Waals surface area contributed by atoms with E-state index in [1.54, 1.807) is 0 Å². The van der Waals surface area contributed by atoms with Crippen molar-refractivity contribution in [1.29, 1.82) is 0 Å². The fraction of sp³-hybridized carbons (Fsp3) is 0. The highest BCUT2D eigenvalue weighted by atomic mass is 16.3. The van der Waals surface area contributed by atoms with Crippen molar-refractivity contribution < 1.29 is 4.42 Å². The van der Waals surface area contributed by atoms with Gasteiger partial charge in [0.25, 0.3) is 0 Å². The van der Waals surface area contributed by atoms with E-state index >= 15 is 0 Å². The lowest BCUT2D eigenvalue weighted by molar-refractivity contribution is 0.623. The van der Waals surface area contributed by atoms with E-state index in [9.17, 15) is 0 Å². The Morgan fingerprint density at radius 3 is 1.78 bits per heavy atom. The average Bonchev–Trinajstić information content (AvgIpc) is 3.79. The molecule has 10 aromatic rings. The second-order valence-corrected chi connectivity index (χ2v) is 12.8. The molecule has 0 spiro atoms. The van der Waals surface area contributed by atoms with Crippen LogP contribution in [0.3, 0.4) is 0 Å². The fourth-order valence-electron chi connectivity index (χ4n) is 7.37. The third-order valence-corrected chi connectivity index (χ3v) is 9.81. The van der Waals surface area contributed by atoms with E-state index in [4.69, 9.17) is 9.40 Å². The van der Waals surface area contributed by atoms with Gasteiger partial charge in [-0.1, -0.05) is 115 Å². The molecule has 0 fully saturated rings. The number of anilines is 3. The SMILES string of the molecule is c1ccc(-c2ccc(N(c3ccc(-c4nc5ccc6ccccc6c5o4)cc3)c3ccc4c5ccccc5n(-c5ccccc5)c4c3)cc2)cc1. The topological polar surface area (TPSA) is 34.2 Å². The number of aromatic nitrogens is 2. The van der Waals surface area contributed by atoms with Crippen molar-refractivity contribution >= 4 is 60.7 Å². The number of para-hydroxylation sites is 2. The van der Waals surface area contributed by atoms with Crippen molar-refractivity contribution in [3.05, 3.63) is 188 Å². The number of hydrogen-bond acceptors (Lipinski definition) is 3. The molecule has 0 radical (unpaired) electrons. The molecular weight excluding hydrogens is 623 g/mol. The summed E-state index contributed by atoms with van der Waals surface area (Å²) in [5.41, 5.74) is 11.6. The van der Waals surface area contributed by atoms with Gasteiger partial charge in [-0.2, -0.15) is 0 Å². The second kappa shape index (κ2) is 11.9. The van der Waals surface area contributed by atoms with E-state index < -0.39 is 0 Å². The standard InChI is InChI=1S/C47H31N3O/c1-3-11-32(12-4-1)33-19-24-37(25-20-33)49(38-26-21-35(22-27-38)47-48-43-30-23-34-13-7-8-16-40(34)46(43)51-47)39-28-29-42-41-17-9-10-18-44(41)50(45(42)31-39)36-14-5-2-6-15-36/h1-31H. The zero-order chi connectivity index (χ0) is 33.7. The minimum atomic E-state index is 0.612. The molecular formula is C47H31N3O. The minimum Gasteiger partial charge on any atom is -0.435 e. The van der Waals surface area contributed by atoms with Crippen LogP contribution in [-0.4, -0.2) is 9.55 Å². The van der Waals surface area contributed by atoms with E-state index in [1.807, 2.05) is 18.2 Å². The van der Waals surface area contributed by atoms with Crippen LogP contribution < -0.4 is 4.90 Å². The van der Waals surface area contributed by atoms with Crippen molar-refractivity contribution in [2.75, 3.05) is 4.90 Å². The first-order valence-electron chi connectivity index (χ1n) is 17.2. The van der Waals surface area contributed by atoms with E-state index in [1.165, 1.54) is 27.4 Å². The van der Waals surface area contributed by atoms with Crippen molar-refractivity contribution in [2.45, 2.75) is 0 Å². The summed E-state index contributed by atoms with van der Waals surface area (Å²) in [7, 11) is 0. The molecule has 10 rings (SSSR count). The Morgan fingerprint density at radius 1 is 0.431 bits per heavy atom. The maximum atomic E-state index is 6.40. The normalized spacial score (nSPS) is 11.5. The average molecular weight is 654 g/mol. The Morgan fingerprint density at radius 2 is 1.02 bits per heavy atom. The Labute approximate surface area is 295 Å². The summed E-state index contributed by atoms with van der Waals surface area (Å²) >= 11 is 0. The number of fused-ring (bicyclic) bond motifs is 6. The molecule has 0 saturated carbocycles. The summed E-state index contributed by atoms with van der Waals surface area (Å²) in [6, 6.07) is 66.3. The maximum absolute atomic E-state index is 6.40. The lowest BCUT2D eigenvalue weighted by Gasteiger charge is -2.26. The summed E-state index contributed by atoms with van der Waals surface area (Å²) in [4.78, 5) is 7.20. The third kappa shape index (κ3) is 4.96. The van der Waals surface area contributed by atoms with Gasteiger partial charge in [-0.3, -0.25) is 0 Å². The van der Waals surface area contributed by atoms with Gasteiger partial charge in [0.05, 0.1) is 11.0 Å². The smallest absolute Gasteiger partial charge is 0.227 e. The molecule has 0 aliphatic rings. The molecule has 240 valence electrons. The predicted octanol–water partition coefficient (Wildman–Crippen LogP) is 12.9. The van der Waals surface area contributed by atoms with E-state index in [0.29, 0.717) is 5.89 Å². The Kier molecular flexibility index (Phi) is 6.78. The van der Waals surface area contributed by atoms with Crippen LogP contribution in [0.5, 0.6) is 0 Å². The predicted molar refractivity (Wildman–Crippen MR) is 211 cm³/mol. The van der Waals surface area contributed by atoms with Crippen LogP contribution in [-0.2, 0) is 0 Å². The van der Waals surface area contributed by atoms with Crippen LogP contribution in [0.2, 0.25) is 0 Å². The summed E-state index contributed by atoms with van der Waals surface area (Å²) < 4.78 is 8.76. The van der Waals surface area contributed by atoms with Crippen molar-refractivity contribution in [3.8, 4) is 28.3 Å². The highest BCUT2D eigenvalue weighted by Gasteiger charge is 2.19. The Balaban J connectivity index is 1.12. The maximum Gasteiger partial charge on any atom is 0.227 e. The number of benzene rings is 8. The molecule has 0 aliphatic heterocycles. The lowest BCUT2D eigenvalue weighted by Crippen LogP contribution is -2.10. The summed E-state index contributed by atoms with van der Waals surface area (Å²) in [5.74, 6) is 0.612. The van der Waals surface area contributed by atoms with Crippen LogP contribution in [0, 0.1) is 0 Å². The van der Waals surface area contributed by atoms with Gasteiger partial charge in [0.1, 0.15) is 5.52 Å². The molecule has 4 heteroatoms. The van der Waals surface area contributed by atoms with Crippen LogP contribution in [0.1, 0.15) is 0 Å². The van der Waals surface area contributed by atoms with Gasteiger partial charge >= 0.3 is 0 Å². The fourth-order valence-corrected chi connectivity index (χ4v) is 7.37. The van der Waals surface area contributed by atoms with Gasteiger partial charge in [0.15, 0.2) is 5.58 Å². The van der Waals surface area contributed by atoms with Crippen LogP contribution >= 0.6 is 0 Å². The monoisotopic (exact) mass is 653 g/mol. The van der Waals surface area contributed by atoms with E-state index in [0.717, 1.165) is 55.7 Å². The van der Waals surface area contributed by atoms with E-state index in [-0.39, 0.29) is 0 Å². The quantitative estimate of drug-likeness (QED) is 0.179. The van der Waals surface area contributed by atoms with Gasteiger partial charge < -0.3 is 13.9 Å². The number of oxazole rings is 1. The van der Waals surface area contributed by atoms with E-state index in [2.05, 4.69) is 179 Å². The molecule has 0 saturated heterocycles. The molecule has 0 amide bonds. The van der Waals surface area contributed by atoms with Gasteiger partial charge in [-0.05, 0) is 89.3 Å². The summed E-state index contributed by atoms with van der Waals surface area (Å²) in [5, 5.41) is 4.66. The van der Waals surface area contributed by atoms with Gasteiger partial charge in [-0.25, -0.2) is 4.98 Å². The number of hydrogen-bond donors (Lipinski definition) is 0. The number of nitrogens with zero attached hydrogens (tertiary/aromatic N) is 3. The molecule has 0 atom stereocenters. The first-order chi connectivity index (χ1) is 25.3. The van der Waals surface area contributed by atoms with Gasteiger partial charge in [0, 0.05) is 44.5 Å². The number of rotatable bonds is 6. The molecule has 2 aromatic heterocycles. The lowest BCUT2D eigenvalue weighted by atomic mass is 10.0. The molecule has 0 bridgehead atoms. The zero-order valence-electron chi connectivity index (χ0n) is 27.6. The first kappa shape index (κ1) is 29.0. The molecule has 0 unspecified atom stereocenters. The summed E-state index contributed by atoms with van der Waals surface area (Å²) in [6.45, 7) is 0. The van der Waals surface area contributed by atoms with Crippen molar-refractivity contribution in [2.24, 2.45) is 0 Å². The summed E-state index contributed by atoms with van der Waals surface area (Å²) in [6.07, 6.45) is 0. The second-order valence-electron chi connectivity index (χ2n) is 12.8. The Bertz CT molecular complexity index is 2830. The van der Waals surface area contributed by atoms with Gasteiger partial charge in [0.2, 0.25) is 5.89 Å². The minimum absolute atomic E-state index is 0.612. The molecule has 0 N–H and O–H groups in total. The van der Waals surface area contributed by atoms with Crippen molar-refractivity contribution in [3.63, 3.8) is 0 Å². The van der Waals surface area contributed by atoms with Crippen LogP contribution in [0.15, 0.2) is 192 Å². The van der Waals surface area contributed by atoms with Crippen LogP contribution in [0.4, 0.5) is 17.1 Å². The molecule has 51 heavy (non-hydrogen) atoms. The highest BCUT2D eigenvalue weighted by molar-refractivity contribution is 6.10. The molecule has 2 heterocycles. The van der Waals surface area contributed by atoms with Crippen LogP contribution in [0.25, 0.3) is 71.9 Å². The molecule has 0 aliphatic carbocycles. The molecule has 8 aromatic carbocycles. The Hall–Kier alpha value is -6.91. The third-order valence-electron chi connectivity index (χ3n) is 9.81. The first-order valence-corrected chi connectivity index (χ1v) is 17.2. The van der Waals surface area contributed by atoms with Gasteiger partial charge in [-0.15, -0.1) is 0 Å². The largest absolute Gasteiger partial charge is 0.435 e.